The van der Waals surface area contributed by atoms with Crippen LogP contribution < -0.4 is 0 Å². The van der Waals surface area contributed by atoms with E-state index in [0.717, 1.165) is 44.8 Å². The Bertz CT molecular complexity index is 242. The normalized spacial score (nSPS) is 13.3. The van der Waals surface area contributed by atoms with Crippen molar-refractivity contribution in [2.75, 3.05) is 12.9 Å². The van der Waals surface area contributed by atoms with Crippen LogP contribution in [0, 0.1) is 0 Å². The van der Waals surface area contributed by atoms with E-state index < -0.39 is 5.92 Å². The third-order valence-electron chi connectivity index (χ3n) is 2.86. The number of alkyl halides is 2. The second-order valence-electron chi connectivity index (χ2n) is 4.91. The topological polar surface area (TPSA) is 26.3 Å². The van der Waals surface area contributed by atoms with Gasteiger partial charge in [0.05, 0.1) is 7.11 Å². The Balaban J connectivity index is 3.72. The standard InChI is InChI=1S/C14H26F2O2S/c1-4-5-9-12(13(17)18-3)19-11-8-6-7-10-14(2,15)16/h12H,4-11H2,1-3H3. The van der Waals surface area contributed by atoms with Gasteiger partial charge in [0, 0.05) is 6.42 Å². The number of thioether (sulfide) groups is 1. The summed E-state index contributed by atoms with van der Waals surface area (Å²) in [7, 11) is 1.41. The summed E-state index contributed by atoms with van der Waals surface area (Å²) >= 11 is 1.59. The van der Waals surface area contributed by atoms with Crippen LogP contribution in [0.15, 0.2) is 0 Å². The number of hydrogen-bond acceptors (Lipinski definition) is 3. The van der Waals surface area contributed by atoms with Crippen molar-refractivity contribution in [1.82, 2.24) is 0 Å². The molecule has 0 aliphatic carbocycles. The number of esters is 1. The van der Waals surface area contributed by atoms with Crippen molar-refractivity contribution in [3.8, 4) is 0 Å². The van der Waals surface area contributed by atoms with Crippen LogP contribution in [-0.2, 0) is 9.53 Å². The highest BCUT2D eigenvalue weighted by atomic mass is 32.2. The Kier molecular flexibility index (Phi) is 10.3. The van der Waals surface area contributed by atoms with Gasteiger partial charge in [0.1, 0.15) is 5.25 Å². The number of ether oxygens (including phenoxy) is 1. The molecule has 1 atom stereocenters. The molecule has 5 heteroatoms. The van der Waals surface area contributed by atoms with Gasteiger partial charge in [0.2, 0.25) is 5.92 Å². The molecule has 0 aromatic rings. The molecular weight excluding hydrogens is 270 g/mol. The van der Waals surface area contributed by atoms with Gasteiger partial charge < -0.3 is 4.74 Å². The number of rotatable bonds is 11. The van der Waals surface area contributed by atoms with Crippen LogP contribution in [0.3, 0.4) is 0 Å². The van der Waals surface area contributed by atoms with Crippen molar-refractivity contribution >= 4 is 17.7 Å². The SMILES string of the molecule is CCCCC(SCCCCCC(C)(F)F)C(=O)OC. The van der Waals surface area contributed by atoms with E-state index in [9.17, 15) is 13.6 Å². The minimum absolute atomic E-state index is 0.0477. The molecule has 0 saturated heterocycles. The third-order valence-corrected chi connectivity index (χ3v) is 4.22. The van der Waals surface area contributed by atoms with Gasteiger partial charge >= 0.3 is 5.97 Å². The van der Waals surface area contributed by atoms with Crippen molar-refractivity contribution in [1.29, 1.82) is 0 Å². The predicted molar refractivity (Wildman–Crippen MR) is 76.9 cm³/mol. The van der Waals surface area contributed by atoms with Gasteiger partial charge in [-0.3, -0.25) is 4.79 Å². The Morgan fingerprint density at radius 3 is 2.47 bits per heavy atom. The van der Waals surface area contributed by atoms with Crippen molar-refractivity contribution in [2.45, 2.75) is 70.0 Å². The first-order valence-corrected chi connectivity index (χ1v) is 8.03. The molecule has 0 aliphatic rings. The largest absolute Gasteiger partial charge is 0.468 e. The van der Waals surface area contributed by atoms with Crippen LogP contribution in [0.2, 0.25) is 0 Å². The molecule has 114 valence electrons. The summed E-state index contributed by atoms with van der Waals surface area (Å²) in [6.45, 7) is 3.05. The van der Waals surface area contributed by atoms with Gasteiger partial charge in [-0.15, -0.1) is 11.8 Å². The smallest absolute Gasteiger partial charge is 0.318 e. The summed E-state index contributed by atoms with van der Waals surface area (Å²) in [5.74, 6) is -1.89. The molecule has 0 aliphatic heterocycles. The average Bonchev–Trinajstić information content (AvgIpc) is 2.34. The van der Waals surface area contributed by atoms with E-state index in [1.54, 1.807) is 11.8 Å². The second-order valence-corrected chi connectivity index (χ2v) is 6.22. The first-order chi connectivity index (χ1) is 8.90. The highest BCUT2D eigenvalue weighted by Gasteiger charge is 2.20. The Morgan fingerprint density at radius 1 is 1.26 bits per heavy atom. The van der Waals surface area contributed by atoms with Crippen LogP contribution in [0.4, 0.5) is 8.78 Å². The zero-order chi connectivity index (χ0) is 14.7. The number of hydrogen-bond donors (Lipinski definition) is 0. The monoisotopic (exact) mass is 296 g/mol. The number of halogens is 2. The zero-order valence-corrected chi connectivity index (χ0v) is 13.0. The fraction of sp³-hybridized carbons (Fsp3) is 0.929. The summed E-state index contributed by atoms with van der Waals surface area (Å²) in [4.78, 5) is 11.5. The molecule has 1 unspecified atom stereocenters. The van der Waals surface area contributed by atoms with Crippen LogP contribution in [0.1, 0.15) is 58.8 Å². The summed E-state index contributed by atoms with van der Waals surface area (Å²) in [5.41, 5.74) is 0. The first kappa shape index (κ1) is 18.7. The minimum Gasteiger partial charge on any atom is -0.468 e. The zero-order valence-electron chi connectivity index (χ0n) is 12.2. The number of carbonyl (C=O) groups is 1. The molecule has 0 saturated carbocycles. The second kappa shape index (κ2) is 10.5. The molecule has 0 fully saturated rings. The van der Waals surface area contributed by atoms with Crippen LogP contribution in [-0.4, -0.2) is 30.0 Å². The van der Waals surface area contributed by atoms with E-state index in [4.69, 9.17) is 4.74 Å². The van der Waals surface area contributed by atoms with E-state index in [1.165, 1.54) is 7.11 Å². The lowest BCUT2D eigenvalue weighted by atomic mass is 10.1. The summed E-state index contributed by atoms with van der Waals surface area (Å²) in [5, 5.41) is -0.0995. The van der Waals surface area contributed by atoms with Gasteiger partial charge in [0.15, 0.2) is 0 Å². The molecule has 19 heavy (non-hydrogen) atoms. The van der Waals surface area contributed by atoms with Crippen LogP contribution in [0.5, 0.6) is 0 Å². The molecule has 0 aromatic carbocycles. The molecule has 0 radical (unpaired) electrons. The highest BCUT2D eigenvalue weighted by molar-refractivity contribution is 8.00. The van der Waals surface area contributed by atoms with Crippen molar-refractivity contribution < 1.29 is 18.3 Å². The maximum atomic E-state index is 12.6. The summed E-state index contributed by atoms with van der Waals surface area (Å²) < 4.78 is 29.9. The molecule has 0 aromatic heterocycles. The van der Waals surface area contributed by atoms with Gasteiger partial charge in [-0.2, -0.15) is 0 Å². The Morgan fingerprint density at radius 2 is 1.95 bits per heavy atom. The minimum atomic E-state index is -2.55. The van der Waals surface area contributed by atoms with Gasteiger partial charge in [0.25, 0.3) is 0 Å². The first-order valence-electron chi connectivity index (χ1n) is 6.98. The molecule has 0 rings (SSSR count). The molecular formula is C14H26F2O2S. The quantitative estimate of drug-likeness (QED) is 0.409. The Labute approximate surface area is 119 Å². The average molecular weight is 296 g/mol. The number of carbonyl (C=O) groups excluding carboxylic acids is 1. The maximum absolute atomic E-state index is 12.6. The molecule has 0 bridgehead atoms. The van der Waals surface area contributed by atoms with E-state index in [1.807, 2.05) is 0 Å². The lowest BCUT2D eigenvalue weighted by Gasteiger charge is -2.14. The van der Waals surface area contributed by atoms with Crippen molar-refractivity contribution in [2.24, 2.45) is 0 Å². The van der Waals surface area contributed by atoms with Gasteiger partial charge in [-0.1, -0.05) is 26.2 Å². The van der Waals surface area contributed by atoms with Crippen LogP contribution >= 0.6 is 11.8 Å². The molecule has 2 nitrogen and oxygen atoms in total. The van der Waals surface area contributed by atoms with E-state index in [0.29, 0.717) is 6.42 Å². The molecule has 0 heterocycles. The van der Waals surface area contributed by atoms with E-state index in [2.05, 4.69) is 6.92 Å². The molecule has 0 spiro atoms. The fourth-order valence-corrected chi connectivity index (χ4v) is 2.95. The highest BCUT2D eigenvalue weighted by Crippen LogP contribution is 2.23. The van der Waals surface area contributed by atoms with Crippen molar-refractivity contribution in [3.63, 3.8) is 0 Å². The predicted octanol–water partition coefficient (Wildman–Crippen LogP) is 4.67. The lowest BCUT2D eigenvalue weighted by molar-refractivity contribution is -0.140. The maximum Gasteiger partial charge on any atom is 0.318 e. The Hall–Kier alpha value is -0.320. The molecule has 0 N–H and O–H groups in total. The van der Waals surface area contributed by atoms with E-state index in [-0.39, 0.29) is 17.6 Å². The van der Waals surface area contributed by atoms with Crippen LogP contribution in [0.25, 0.3) is 0 Å². The lowest BCUT2D eigenvalue weighted by Crippen LogP contribution is -2.19. The third kappa shape index (κ3) is 11.2. The summed E-state index contributed by atoms with van der Waals surface area (Å²) in [6.07, 6.45) is 5.06. The van der Waals surface area contributed by atoms with Gasteiger partial charge in [-0.05, 0) is 31.9 Å². The van der Waals surface area contributed by atoms with Crippen molar-refractivity contribution in [3.05, 3.63) is 0 Å². The number of methoxy groups -OCH3 is 1. The fourth-order valence-electron chi connectivity index (χ4n) is 1.73. The summed E-state index contributed by atoms with van der Waals surface area (Å²) in [6, 6.07) is 0. The number of unbranched alkanes of at least 4 members (excludes halogenated alkanes) is 3. The van der Waals surface area contributed by atoms with E-state index >= 15 is 0 Å². The van der Waals surface area contributed by atoms with Gasteiger partial charge in [-0.25, -0.2) is 8.78 Å². The molecule has 0 amide bonds.